The minimum absolute atomic E-state index is 0.0463. The number of nitro groups is 1. The van der Waals surface area contributed by atoms with E-state index < -0.39 is 11.0 Å². The molecule has 32 heavy (non-hydrogen) atoms. The van der Waals surface area contributed by atoms with E-state index in [1.807, 2.05) is 13.0 Å². The van der Waals surface area contributed by atoms with Gasteiger partial charge in [-0.3, -0.25) is 19.7 Å². The van der Waals surface area contributed by atoms with E-state index in [4.69, 9.17) is 0 Å². The van der Waals surface area contributed by atoms with Crippen molar-refractivity contribution < 1.29 is 14.5 Å². The van der Waals surface area contributed by atoms with E-state index in [2.05, 4.69) is 20.8 Å². The smallest absolute Gasteiger partial charge is 0.272 e. The van der Waals surface area contributed by atoms with Gasteiger partial charge in [-0.15, -0.1) is 5.10 Å². The van der Waals surface area contributed by atoms with Gasteiger partial charge < -0.3 is 10.2 Å². The number of aromatic nitrogens is 4. The molecule has 1 aliphatic rings. The molecule has 0 bridgehead atoms. The zero-order valence-corrected chi connectivity index (χ0v) is 17.6. The standard InChI is InChI=1S/C21H21N7O4/c1-13-5-7-16(11-19(13)27-12-22-24-25-27)23-20(29)18-4-3-9-26(18)21(30)15-6-8-17(28(31)32)14(2)10-15/h5-8,10-12,18H,3-4,9H2,1-2H3,(H,23,29). The fraction of sp³-hybridized carbons (Fsp3) is 0.286. The van der Waals surface area contributed by atoms with Gasteiger partial charge in [-0.25, -0.2) is 4.68 Å². The summed E-state index contributed by atoms with van der Waals surface area (Å²) in [6.45, 7) is 3.94. The SMILES string of the molecule is Cc1ccc(NC(=O)C2CCCN2C(=O)c2ccc([N+](=O)[O-])c(C)c2)cc1-n1cnnn1. The summed E-state index contributed by atoms with van der Waals surface area (Å²) in [5.74, 6) is -0.611. The maximum Gasteiger partial charge on any atom is 0.272 e. The van der Waals surface area contributed by atoms with Crippen LogP contribution in [0.1, 0.15) is 34.3 Å². The summed E-state index contributed by atoms with van der Waals surface area (Å²) in [4.78, 5) is 38.1. The Morgan fingerprint density at radius 1 is 1.16 bits per heavy atom. The molecule has 4 rings (SSSR count). The number of likely N-dealkylation sites (tertiary alicyclic amines) is 1. The summed E-state index contributed by atoms with van der Waals surface area (Å²) in [5, 5.41) is 25.1. The molecule has 0 radical (unpaired) electrons. The predicted molar refractivity (Wildman–Crippen MR) is 114 cm³/mol. The van der Waals surface area contributed by atoms with E-state index in [1.54, 1.807) is 19.1 Å². The van der Waals surface area contributed by atoms with Crippen molar-refractivity contribution in [3.63, 3.8) is 0 Å². The van der Waals surface area contributed by atoms with Gasteiger partial charge in [-0.05, 0) is 66.9 Å². The molecule has 2 amide bonds. The number of carbonyl (C=O) groups is 2. The molecule has 0 aliphatic carbocycles. The van der Waals surface area contributed by atoms with Crippen molar-refractivity contribution in [1.82, 2.24) is 25.1 Å². The van der Waals surface area contributed by atoms with Gasteiger partial charge in [0.15, 0.2) is 0 Å². The second-order valence-corrected chi connectivity index (χ2v) is 7.66. The summed E-state index contributed by atoms with van der Waals surface area (Å²) in [6, 6.07) is 9.01. The molecular formula is C21H21N7O4. The predicted octanol–water partition coefficient (Wildman–Crippen LogP) is 2.43. The molecule has 1 atom stereocenters. The Hall–Kier alpha value is -4.15. The van der Waals surface area contributed by atoms with E-state index in [-0.39, 0.29) is 17.5 Å². The summed E-state index contributed by atoms with van der Waals surface area (Å²) < 4.78 is 1.51. The van der Waals surface area contributed by atoms with Crippen LogP contribution < -0.4 is 5.32 Å². The molecule has 1 unspecified atom stereocenters. The van der Waals surface area contributed by atoms with Crippen molar-refractivity contribution in [3.8, 4) is 5.69 Å². The van der Waals surface area contributed by atoms with E-state index in [9.17, 15) is 19.7 Å². The van der Waals surface area contributed by atoms with Gasteiger partial charge in [-0.2, -0.15) is 0 Å². The van der Waals surface area contributed by atoms with Crippen molar-refractivity contribution in [2.24, 2.45) is 0 Å². The average molecular weight is 435 g/mol. The zero-order valence-electron chi connectivity index (χ0n) is 17.6. The van der Waals surface area contributed by atoms with Gasteiger partial charge in [0.05, 0.1) is 10.6 Å². The van der Waals surface area contributed by atoms with Gasteiger partial charge in [0.2, 0.25) is 5.91 Å². The van der Waals surface area contributed by atoms with Crippen LogP contribution in [0, 0.1) is 24.0 Å². The lowest BCUT2D eigenvalue weighted by Gasteiger charge is -2.24. The highest BCUT2D eigenvalue weighted by atomic mass is 16.6. The number of tetrazole rings is 1. The largest absolute Gasteiger partial charge is 0.327 e. The van der Waals surface area contributed by atoms with E-state index in [0.29, 0.717) is 36.2 Å². The third-order valence-corrected chi connectivity index (χ3v) is 5.53. The van der Waals surface area contributed by atoms with Crippen LogP contribution in [0.2, 0.25) is 0 Å². The Kier molecular flexibility index (Phi) is 5.63. The van der Waals surface area contributed by atoms with Crippen LogP contribution in [-0.4, -0.2) is 54.4 Å². The molecular weight excluding hydrogens is 414 g/mol. The van der Waals surface area contributed by atoms with Crippen molar-refractivity contribution >= 4 is 23.2 Å². The average Bonchev–Trinajstić information content (AvgIpc) is 3.46. The fourth-order valence-corrected chi connectivity index (χ4v) is 3.87. The fourth-order valence-electron chi connectivity index (χ4n) is 3.87. The van der Waals surface area contributed by atoms with Crippen molar-refractivity contribution in [2.45, 2.75) is 32.7 Å². The molecule has 1 aliphatic heterocycles. The Balaban J connectivity index is 1.52. The highest BCUT2D eigenvalue weighted by Gasteiger charge is 2.35. The third kappa shape index (κ3) is 4.04. The van der Waals surface area contributed by atoms with Crippen LogP contribution in [0.5, 0.6) is 0 Å². The van der Waals surface area contributed by atoms with Crippen LogP contribution in [0.3, 0.4) is 0 Å². The monoisotopic (exact) mass is 435 g/mol. The Morgan fingerprint density at radius 2 is 1.97 bits per heavy atom. The molecule has 11 nitrogen and oxygen atoms in total. The molecule has 3 aromatic rings. The summed E-state index contributed by atoms with van der Waals surface area (Å²) in [6.07, 6.45) is 2.70. The van der Waals surface area contributed by atoms with E-state index in [0.717, 1.165) is 11.3 Å². The van der Waals surface area contributed by atoms with Crippen LogP contribution in [0.15, 0.2) is 42.7 Å². The number of hydrogen-bond donors (Lipinski definition) is 1. The van der Waals surface area contributed by atoms with Crippen molar-refractivity contribution in [1.29, 1.82) is 0 Å². The molecule has 1 fully saturated rings. The maximum absolute atomic E-state index is 13.1. The Morgan fingerprint density at radius 3 is 2.66 bits per heavy atom. The van der Waals surface area contributed by atoms with Gasteiger partial charge >= 0.3 is 0 Å². The second-order valence-electron chi connectivity index (χ2n) is 7.66. The van der Waals surface area contributed by atoms with Gasteiger partial charge in [0.25, 0.3) is 11.6 Å². The second kappa shape index (κ2) is 8.53. The lowest BCUT2D eigenvalue weighted by Crippen LogP contribution is -2.43. The third-order valence-electron chi connectivity index (χ3n) is 5.53. The van der Waals surface area contributed by atoms with Crippen LogP contribution >= 0.6 is 0 Å². The number of anilines is 1. The summed E-state index contributed by atoms with van der Waals surface area (Å²) in [7, 11) is 0. The number of nitrogens with zero attached hydrogens (tertiary/aromatic N) is 6. The van der Waals surface area contributed by atoms with Crippen molar-refractivity contribution in [2.75, 3.05) is 11.9 Å². The minimum atomic E-state index is -0.629. The van der Waals surface area contributed by atoms with Gasteiger partial charge in [-0.1, -0.05) is 6.07 Å². The molecule has 0 saturated carbocycles. The molecule has 2 aromatic carbocycles. The molecule has 0 spiro atoms. The number of hydrogen-bond acceptors (Lipinski definition) is 7. The number of nitrogens with one attached hydrogen (secondary N) is 1. The van der Waals surface area contributed by atoms with Gasteiger partial charge in [0.1, 0.15) is 12.4 Å². The Labute approximate surface area is 183 Å². The first-order valence-electron chi connectivity index (χ1n) is 10.1. The number of aryl methyl sites for hydroxylation is 2. The molecule has 164 valence electrons. The van der Waals surface area contributed by atoms with Crippen molar-refractivity contribution in [3.05, 3.63) is 69.5 Å². The number of benzene rings is 2. The minimum Gasteiger partial charge on any atom is -0.327 e. The van der Waals surface area contributed by atoms with Crippen LogP contribution in [-0.2, 0) is 4.79 Å². The first-order chi connectivity index (χ1) is 15.3. The number of carbonyl (C=O) groups excluding carboxylic acids is 2. The number of rotatable bonds is 5. The highest BCUT2D eigenvalue weighted by Crippen LogP contribution is 2.25. The lowest BCUT2D eigenvalue weighted by atomic mass is 10.1. The summed E-state index contributed by atoms with van der Waals surface area (Å²) >= 11 is 0. The first-order valence-corrected chi connectivity index (χ1v) is 10.1. The van der Waals surface area contributed by atoms with E-state index in [1.165, 1.54) is 34.1 Å². The van der Waals surface area contributed by atoms with E-state index >= 15 is 0 Å². The highest BCUT2D eigenvalue weighted by molar-refractivity contribution is 6.01. The number of nitro benzene ring substituents is 1. The first kappa shape index (κ1) is 21.1. The normalized spacial score (nSPS) is 15.6. The summed E-state index contributed by atoms with van der Waals surface area (Å²) in [5.41, 5.74) is 2.90. The number of amides is 2. The molecule has 11 heteroatoms. The topological polar surface area (TPSA) is 136 Å². The lowest BCUT2D eigenvalue weighted by molar-refractivity contribution is -0.385. The zero-order chi connectivity index (χ0) is 22.8. The maximum atomic E-state index is 13.1. The molecule has 1 N–H and O–H groups in total. The van der Waals surface area contributed by atoms with Crippen LogP contribution in [0.25, 0.3) is 5.69 Å². The Bertz CT molecular complexity index is 1190. The van der Waals surface area contributed by atoms with Gasteiger partial charge in [0, 0.05) is 29.4 Å². The molecule has 2 heterocycles. The molecule has 1 aromatic heterocycles. The quantitative estimate of drug-likeness (QED) is 0.480. The molecule has 1 saturated heterocycles. The van der Waals surface area contributed by atoms with Crippen LogP contribution in [0.4, 0.5) is 11.4 Å².